The lowest BCUT2D eigenvalue weighted by molar-refractivity contribution is -0.121. The number of hydrogen-bond acceptors (Lipinski definition) is 2. The average Bonchev–Trinajstić information content (AvgIpc) is 3.23. The van der Waals surface area contributed by atoms with Crippen molar-refractivity contribution >= 4 is 16.8 Å². The van der Waals surface area contributed by atoms with Crippen LogP contribution < -0.4 is 10.1 Å². The smallest absolute Gasteiger partial charge is 0.220 e. The Kier molecular flexibility index (Phi) is 6.32. The molecule has 1 heterocycles. The lowest BCUT2D eigenvalue weighted by atomic mass is 9.91. The number of nitrogens with one attached hydrogen (secondary N) is 2. The van der Waals surface area contributed by atoms with Gasteiger partial charge in [-0.25, -0.2) is 4.39 Å². The molecule has 0 radical (unpaired) electrons. The zero-order valence-corrected chi connectivity index (χ0v) is 17.4. The third-order valence-electron chi connectivity index (χ3n) is 5.56. The van der Waals surface area contributed by atoms with Crippen LogP contribution in [0.15, 0.2) is 79.0 Å². The second-order valence-electron chi connectivity index (χ2n) is 7.53. The molecule has 3 aromatic carbocycles. The number of aromatic amines is 1. The van der Waals surface area contributed by atoms with E-state index in [9.17, 15) is 9.18 Å². The van der Waals surface area contributed by atoms with Crippen molar-refractivity contribution in [2.45, 2.75) is 18.8 Å². The number of hydrogen-bond donors (Lipinski definition) is 2. The third-order valence-corrected chi connectivity index (χ3v) is 5.56. The number of aryl methyl sites for hydroxylation is 1. The van der Waals surface area contributed by atoms with Gasteiger partial charge in [0.2, 0.25) is 5.91 Å². The van der Waals surface area contributed by atoms with Crippen molar-refractivity contribution in [2.24, 2.45) is 0 Å². The van der Waals surface area contributed by atoms with Gasteiger partial charge in [0.05, 0.1) is 7.11 Å². The molecule has 1 unspecified atom stereocenters. The maximum atomic E-state index is 13.9. The van der Waals surface area contributed by atoms with Crippen LogP contribution in [-0.2, 0) is 11.2 Å². The van der Waals surface area contributed by atoms with Gasteiger partial charge in [-0.05, 0) is 41.3 Å². The predicted molar refractivity (Wildman–Crippen MR) is 121 cm³/mol. The quantitative estimate of drug-likeness (QED) is 0.415. The third kappa shape index (κ3) is 4.77. The summed E-state index contributed by atoms with van der Waals surface area (Å²) in [7, 11) is 1.43. The van der Waals surface area contributed by atoms with Gasteiger partial charge in [-0.15, -0.1) is 0 Å². The van der Waals surface area contributed by atoms with E-state index >= 15 is 0 Å². The van der Waals surface area contributed by atoms with Crippen LogP contribution in [0.5, 0.6) is 5.75 Å². The van der Waals surface area contributed by atoms with Gasteiger partial charge in [-0.1, -0.05) is 54.6 Å². The Labute approximate surface area is 181 Å². The van der Waals surface area contributed by atoms with Crippen molar-refractivity contribution in [1.29, 1.82) is 0 Å². The van der Waals surface area contributed by atoms with Crippen molar-refractivity contribution in [1.82, 2.24) is 10.3 Å². The Morgan fingerprint density at radius 3 is 2.61 bits per heavy atom. The van der Waals surface area contributed by atoms with E-state index in [1.165, 1.54) is 13.2 Å². The van der Waals surface area contributed by atoms with Gasteiger partial charge in [0.1, 0.15) is 0 Å². The maximum absolute atomic E-state index is 13.9. The zero-order chi connectivity index (χ0) is 21.6. The van der Waals surface area contributed by atoms with Crippen LogP contribution in [0.3, 0.4) is 0 Å². The Bertz CT molecular complexity index is 1170. The van der Waals surface area contributed by atoms with Crippen LogP contribution in [0.1, 0.15) is 29.0 Å². The fraction of sp³-hybridized carbons (Fsp3) is 0.192. The van der Waals surface area contributed by atoms with Gasteiger partial charge < -0.3 is 15.0 Å². The summed E-state index contributed by atoms with van der Waals surface area (Å²) in [5.74, 6) is -0.238. The molecule has 0 saturated carbocycles. The highest BCUT2D eigenvalue weighted by Crippen LogP contribution is 2.30. The number of carbonyl (C=O) groups excluding carboxylic acids is 1. The number of ether oxygens (including phenoxy) is 1. The molecule has 1 atom stereocenters. The summed E-state index contributed by atoms with van der Waals surface area (Å²) in [5.41, 5.74) is 4.14. The van der Waals surface area contributed by atoms with Crippen LogP contribution in [0.2, 0.25) is 0 Å². The minimum atomic E-state index is -0.413. The number of H-pyrrole nitrogens is 1. The van der Waals surface area contributed by atoms with E-state index < -0.39 is 5.82 Å². The van der Waals surface area contributed by atoms with E-state index in [4.69, 9.17) is 4.74 Å². The Morgan fingerprint density at radius 2 is 1.84 bits per heavy atom. The zero-order valence-electron chi connectivity index (χ0n) is 17.4. The van der Waals surface area contributed by atoms with Crippen molar-refractivity contribution in [3.63, 3.8) is 0 Å². The summed E-state index contributed by atoms with van der Waals surface area (Å²) in [6, 6.07) is 23.1. The van der Waals surface area contributed by atoms with Crippen LogP contribution in [0.4, 0.5) is 4.39 Å². The highest BCUT2D eigenvalue weighted by atomic mass is 19.1. The predicted octanol–water partition coefficient (Wildman–Crippen LogP) is 5.20. The summed E-state index contributed by atoms with van der Waals surface area (Å²) < 4.78 is 18.8. The molecule has 1 amide bonds. The standard InChI is InChI=1S/C26H25FN2O2/c1-31-25-13-11-18(15-23(25)27)12-14-26(30)29-16-21(19-7-3-2-4-8-19)22-17-28-24-10-6-5-9-20(22)24/h2-11,13,15,17,21,28H,12,14,16H2,1H3,(H,29,30). The molecule has 4 aromatic rings. The minimum absolute atomic E-state index is 0.0275. The first-order chi connectivity index (χ1) is 15.2. The first-order valence-corrected chi connectivity index (χ1v) is 10.4. The van der Waals surface area contributed by atoms with Gasteiger partial charge in [0.25, 0.3) is 0 Å². The SMILES string of the molecule is COc1ccc(CCC(=O)NCC(c2ccccc2)c2c[nH]c3ccccc23)cc1F. The first kappa shape index (κ1) is 20.7. The lowest BCUT2D eigenvalue weighted by Gasteiger charge is -2.18. The highest BCUT2D eigenvalue weighted by Gasteiger charge is 2.19. The van der Waals surface area contributed by atoms with Crippen LogP contribution in [-0.4, -0.2) is 24.5 Å². The highest BCUT2D eigenvalue weighted by molar-refractivity contribution is 5.84. The lowest BCUT2D eigenvalue weighted by Crippen LogP contribution is -2.29. The molecule has 0 bridgehead atoms. The summed E-state index contributed by atoms with van der Waals surface area (Å²) in [5, 5.41) is 4.22. The molecule has 0 aliphatic rings. The topological polar surface area (TPSA) is 54.1 Å². The second kappa shape index (κ2) is 9.47. The summed E-state index contributed by atoms with van der Waals surface area (Å²) in [6.07, 6.45) is 2.78. The molecule has 4 rings (SSSR count). The average molecular weight is 416 g/mol. The van der Waals surface area contributed by atoms with Crippen molar-refractivity contribution in [3.8, 4) is 5.75 Å². The van der Waals surface area contributed by atoms with Gasteiger partial charge in [-0.3, -0.25) is 4.79 Å². The minimum Gasteiger partial charge on any atom is -0.494 e. The van der Waals surface area contributed by atoms with Gasteiger partial charge in [-0.2, -0.15) is 0 Å². The van der Waals surface area contributed by atoms with Crippen molar-refractivity contribution in [2.75, 3.05) is 13.7 Å². The molecular formula is C26H25FN2O2. The van der Waals surface area contributed by atoms with Crippen molar-refractivity contribution in [3.05, 3.63) is 102 Å². The maximum Gasteiger partial charge on any atom is 0.220 e. The number of rotatable bonds is 8. The number of halogens is 1. The Hall–Kier alpha value is -3.60. The first-order valence-electron chi connectivity index (χ1n) is 10.4. The molecule has 4 nitrogen and oxygen atoms in total. The van der Waals surface area contributed by atoms with Gasteiger partial charge >= 0.3 is 0 Å². The molecule has 0 fully saturated rings. The number of aromatic nitrogens is 1. The van der Waals surface area contributed by atoms with E-state index in [0.29, 0.717) is 19.4 Å². The van der Waals surface area contributed by atoms with E-state index in [-0.39, 0.29) is 17.6 Å². The number of amides is 1. The number of methoxy groups -OCH3 is 1. The number of benzene rings is 3. The van der Waals surface area contributed by atoms with Gasteiger partial charge in [0, 0.05) is 36.0 Å². The Morgan fingerprint density at radius 1 is 1.06 bits per heavy atom. The van der Waals surface area contributed by atoms with E-state index in [1.54, 1.807) is 12.1 Å². The molecule has 158 valence electrons. The summed E-state index contributed by atoms with van der Waals surface area (Å²) in [6.45, 7) is 0.488. The second-order valence-corrected chi connectivity index (χ2v) is 7.53. The molecular weight excluding hydrogens is 391 g/mol. The summed E-state index contributed by atoms with van der Waals surface area (Å²) >= 11 is 0. The van der Waals surface area contributed by atoms with Crippen LogP contribution >= 0.6 is 0 Å². The monoisotopic (exact) mass is 416 g/mol. The number of fused-ring (bicyclic) bond motifs is 1. The molecule has 0 spiro atoms. The molecule has 5 heteroatoms. The van der Waals surface area contributed by atoms with E-state index in [0.717, 1.165) is 27.6 Å². The van der Waals surface area contributed by atoms with Crippen LogP contribution in [0.25, 0.3) is 10.9 Å². The molecule has 1 aromatic heterocycles. The fourth-order valence-corrected chi connectivity index (χ4v) is 3.90. The summed E-state index contributed by atoms with van der Waals surface area (Å²) in [4.78, 5) is 15.9. The Balaban J connectivity index is 1.45. The largest absolute Gasteiger partial charge is 0.494 e. The molecule has 0 aliphatic carbocycles. The molecule has 0 saturated heterocycles. The molecule has 2 N–H and O–H groups in total. The number of carbonyl (C=O) groups is 1. The fourth-order valence-electron chi connectivity index (χ4n) is 3.90. The number of para-hydroxylation sites is 1. The van der Waals surface area contributed by atoms with E-state index in [1.807, 2.05) is 42.6 Å². The van der Waals surface area contributed by atoms with Crippen molar-refractivity contribution < 1.29 is 13.9 Å². The molecule has 0 aliphatic heterocycles. The van der Waals surface area contributed by atoms with E-state index in [2.05, 4.69) is 28.5 Å². The molecule has 31 heavy (non-hydrogen) atoms. The van der Waals surface area contributed by atoms with Gasteiger partial charge in [0.15, 0.2) is 11.6 Å². The normalized spacial score (nSPS) is 11.9. The van der Waals surface area contributed by atoms with Crippen LogP contribution in [0, 0.1) is 5.82 Å².